The molecule has 0 aliphatic rings. The highest BCUT2D eigenvalue weighted by Gasteiger charge is 2.12. The smallest absolute Gasteiger partial charge is 0.129 e. The normalized spacial score (nSPS) is 11.0. The summed E-state index contributed by atoms with van der Waals surface area (Å²) in [5.74, 6) is 0.851. The van der Waals surface area contributed by atoms with E-state index in [4.69, 9.17) is 10.5 Å². The molecule has 0 saturated carbocycles. The molecule has 114 valence electrons. The average molecular weight is 361 g/mol. The number of benzene rings is 2. The predicted octanol–water partition coefficient (Wildman–Crippen LogP) is 3.86. The Labute approximate surface area is 137 Å². The van der Waals surface area contributed by atoms with Gasteiger partial charge in [0.15, 0.2) is 0 Å². The van der Waals surface area contributed by atoms with E-state index < -0.39 is 0 Å². The lowest BCUT2D eigenvalue weighted by Gasteiger charge is -2.05. The Bertz CT molecular complexity index is 811. The first kappa shape index (κ1) is 14.8. The molecule has 6 heteroatoms. The lowest BCUT2D eigenvalue weighted by Crippen LogP contribution is -1.99. The third kappa shape index (κ3) is 2.66. The van der Waals surface area contributed by atoms with Crippen LogP contribution in [0.2, 0.25) is 0 Å². The van der Waals surface area contributed by atoms with Crippen molar-refractivity contribution in [3.63, 3.8) is 0 Å². The van der Waals surface area contributed by atoms with Crippen LogP contribution in [-0.2, 0) is 0 Å². The van der Waals surface area contributed by atoms with E-state index in [0.29, 0.717) is 5.69 Å². The number of nitrogen functional groups attached to an aromatic ring is 1. The van der Waals surface area contributed by atoms with Gasteiger partial charge in [0.05, 0.1) is 22.5 Å². The van der Waals surface area contributed by atoms with Gasteiger partial charge >= 0.3 is 0 Å². The summed E-state index contributed by atoms with van der Waals surface area (Å²) in [6.07, 6.45) is 0.989. The summed E-state index contributed by atoms with van der Waals surface area (Å²) < 4.78 is 6.37. The molecule has 0 radical (unpaired) electrons. The minimum atomic E-state index is 0.697. The van der Waals surface area contributed by atoms with E-state index in [9.17, 15) is 0 Å². The molecule has 0 fully saturated rings. The van der Waals surface area contributed by atoms with Crippen LogP contribution >= 0.6 is 15.9 Å². The van der Waals surface area contributed by atoms with Crippen LogP contribution < -0.4 is 10.5 Å². The van der Waals surface area contributed by atoms with E-state index in [1.807, 2.05) is 37.3 Å². The summed E-state index contributed by atoms with van der Waals surface area (Å²) >= 11 is 3.50. The number of hydrogen-bond donors (Lipinski definition) is 1. The number of halogens is 1. The van der Waals surface area contributed by atoms with Crippen molar-refractivity contribution in [2.75, 3.05) is 12.3 Å². The van der Waals surface area contributed by atoms with E-state index >= 15 is 0 Å². The number of rotatable bonds is 4. The molecular formula is C16H17BrN4O. The molecule has 0 spiro atoms. The number of hydrogen-bond acceptors (Lipinski definition) is 4. The molecule has 0 unspecified atom stereocenters. The van der Waals surface area contributed by atoms with Crippen LogP contribution in [0.3, 0.4) is 0 Å². The fraction of sp³-hybridized carbons (Fsp3) is 0.250. The van der Waals surface area contributed by atoms with Crippen molar-refractivity contribution in [3.8, 4) is 11.4 Å². The largest absolute Gasteiger partial charge is 0.494 e. The Morgan fingerprint density at radius 1 is 1.23 bits per heavy atom. The Balaban J connectivity index is 1.98. The second-order valence-corrected chi connectivity index (χ2v) is 5.91. The molecule has 0 aliphatic heterocycles. The summed E-state index contributed by atoms with van der Waals surface area (Å²) in [5.41, 5.74) is 10.1. The number of aryl methyl sites for hydroxylation is 1. The van der Waals surface area contributed by atoms with Crippen LogP contribution in [0.15, 0.2) is 34.8 Å². The van der Waals surface area contributed by atoms with Gasteiger partial charge in [0, 0.05) is 0 Å². The molecule has 22 heavy (non-hydrogen) atoms. The lowest BCUT2D eigenvalue weighted by molar-refractivity contribution is 0.317. The Morgan fingerprint density at radius 2 is 1.95 bits per heavy atom. The zero-order valence-electron chi connectivity index (χ0n) is 12.5. The van der Waals surface area contributed by atoms with Gasteiger partial charge in [-0.3, -0.25) is 0 Å². The summed E-state index contributed by atoms with van der Waals surface area (Å²) in [4.78, 5) is 1.61. The first-order valence-electron chi connectivity index (χ1n) is 7.15. The highest BCUT2D eigenvalue weighted by Crippen LogP contribution is 2.30. The van der Waals surface area contributed by atoms with Crippen LogP contribution in [0.1, 0.15) is 18.9 Å². The second-order valence-electron chi connectivity index (χ2n) is 5.12. The number of ether oxygens (including phenoxy) is 1. The summed E-state index contributed by atoms with van der Waals surface area (Å²) in [7, 11) is 0. The van der Waals surface area contributed by atoms with Gasteiger partial charge in [-0.05, 0) is 65.2 Å². The lowest BCUT2D eigenvalue weighted by atomic mass is 10.2. The number of nitrogens with zero attached hydrogens (tertiary/aromatic N) is 3. The number of nitrogens with two attached hydrogens (primary N) is 1. The van der Waals surface area contributed by atoms with Crippen molar-refractivity contribution < 1.29 is 4.74 Å². The molecule has 0 atom stereocenters. The van der Waals surface area contributed by atoms with Gasteiger partial charge in [-0.1, -0.05) is 6.92 Å². The monoisotopic (exact) mass is 360 g/mol. The molecule has 3 rings (SSSR count). The molecular weight excluding hydrogens is 344 g/mol. The zero-order chi connectivity index (χ0) is 15.7. The van der Waals surface area contributed by atoms with Crippen molar-refractivity contribution in [2.24, 2.45) is 0 Å². The standard InChI is InChI=1S/C16H17BrN4O/c1-3-8-22-12-6-4-11(5-7-12)21-19-13-9-10(2)15(18)14(17)16(13)20-21/h4-7,9H,3,8,18H2,1-2H3. The van der Waals surface area contributed by atoms with Gasteiger partial charge in [0.1, 0.15) is 16.8 Å². The highest BCUT2D eigenvalue weighted by molar-refractivity contribution is 9.10. The molecule has 2 N–H and O–H groups in total. The van der Waals surface area contributed by atoms with Crippen molar-refractivity contribution in [3.05, 3.63) is 40.4 Å². The van der Waals surface area contributed by atoms with Gasteiger partial charge in [-0.2, -0.15) is 4.80 Å². The van der Waals surface area contributed by atoms with Gasteiger partial charge in [-0.15, -0.1) is 10.2 Å². The SMILES string of the molecule is CCCOc1ccc(-n2nc3cc(C)c(N)c(Br)c3n2)cc1. The summed E-state index contributed by atoms with van der Waals surface area (Å²) in [6, 6.07) is 9.67. The quantitative estimate of drug-likeness (QED) is 0.717. The van der Waals surface area contributed by atoms with Crippen LogP contribution in [0, 0.1) is 6.92 Å². The minimum absolute atomic E-state index is 0.697. The molecule has 0 bridgehead atoms. The Hall–Kier alpha value is -2.08. The molecule has 0 amide bonds. The van der Waals surface area contributed by atoms with E-state index in [0.717, 1.165) is 45.5 Å². The van der Waals surface area contributed by atoms with Gasteiger partial charge in [0.2, 0.25) is 0 Å². The van der Waals surface area contributed by atoms with Gasteiger partial charge in [-0.25, -0.2) is 0 Å². The van der Waals surface area contributed by atoms with Gasteiger partial charge in [0.25, 0.3) is 0 Å². The molecule has 5 nitrogen and oxygen atoms in total. The second kappa shape index (κ2) is 5.96. The minimum Gasteiger partial charge on any atom is -0.494 e. The molecule has 1 aromatic heterocycles. The van der Waals surface area contributed by atoms with Crippen LogP contribution in [0.25, 0.3) is 16.7 Å². The number of anilines is 1. The Kier molecular flexibility index (Phi) is 4.02. The maximum atomic E-state index is 6.02. The van der Waals surface area contributed by atoms with Crippen molar-refractivity contribution in [1.29, 1.82) is 0 Å². The first-order valence-corrected chi connectivity index (χ1v) is 7.94. The van der Waals surface area contributed by atoms with Crippen molar-refractivity contribution >= 4 is 32.7 Å². The number of fused-ring (bicyclic) bond motifs is 1. The van der Waals surface area contributed by atoms with Crippen LogP contribution in [-0.4, -0.2) is 21.6 Å². The average Bonchev–Trinajstić information content (AvgIpc) is 2.95. The summed E-state index contributed by atoms with van der Waals surface area (Å²) in [6.45, 7) is 4.76. The van der Waals surface area contributed by atoms with E-state index in [1.165, 1.54) is 0 Å². The third-order valence-electron chi connectivity index (χ3n) is 3.40. The molecule has 0 saturated heterocycles. The summed E-state index contributed by atoms with van der Waals surface area (Å²) in [5, 5.41) is 9.03. The highest BCUT2D eigenvalue weighted by atomic mass is 79.9. The molecule has 1 heterocycles. The molecule has 0 aliphatic carbocycles. The Morgan fingerprint density at radius 3 is 2.64 bits per heavy atom. The molecule has 2 aromatic carbocycles. The van der Waals surface area contributed by atoms with Crippen LogP contribution in [0.4, 0.5) is 5.69 Å². The fourth-order valence-electron chi connectivity index (χ4n) is 2.17. The van der Waals surface area contributed by atoms with E-state index in [1.54, 1.807) is 4.80 Å². The number of aromatic nitrogens is 3. The molecule has 3 aromatic rings. The van der Waals surface area contributed by atoms with Crippen molar-refractivity contribution in [1.82, 2.24) is 15.0 Å². The predicted molar refractivity (Wildman–Crippen MR) is 91.5 cm³/mol. The van der Waals surface area contributed by atoms with Crippen molar-refractivity contribution in [2.45, 2.75) is 20.3 Å². The van der Waals surface area contributed by atoms with E-state index in [-0.39, 0.29) is 0 Å². The first-order chi connectivity index (χ1) is 10.6. The maximum absolute atomic E-state index is 6.02. The van der Waals surface area contributed by atoms with Crippen LogP contribution in [0.5, 0.6) is 5.75 Å². The maximum Gasteiger partial charge on any atom is 0.129 e. The zero-order valence-corrected chi connectivity index (χ0v) is 14.1. The van der Waals surface area contributed by atoms with E-state index in [2.05, 4.69) is 33.1 Å². The third-order valence-corrected chi connectivity index (χ3v) is 4.21. The van der Waals surface area contributed by atoms with Gasteiger partial charge < -0.3 is 10.5 Å². The topological polar surface area (TPSA) is 66.0 Å². The fourth-order valence-corrected chi connectivity index (χ4v) is 2.76.